The number of rotatable bonds is 2. The van der Waals surface area contributed by atoms with Gasteiger partial charge in [-0.2, -0.15) is 0 Å². The molecule has 0 aliphatic heterocycles. The number of hydrogen-bond acceptors (Lipinski definition) is 2. The maximum Gasteiger partial charge on any atom is 0.0654 e. The molecule has 20 heavy (non-hydrogen) atoms. The summed E-state index contributed by atoms with van der Waals surface area (Å²) in [5.74, 6) is 0. The topological polar surface area (TPSA) is 26.0 Å². The Kier molecular flexibility index (Phi) is 3.36. The molecule has 0 aliphatic rings. The predicted octanol–water partition coefficient (Wildman–Crippen LogP) is 4.87. The molecule has 1 heterocycles. The molecule has 0 saturated heterocycles. The molecule has 0 radical (unpaired) electrons. The van der Waals surface area contributed by atoms with Crippen molar-refractivity contribution in [2.45, 2.75) is 26.8 Å². The summed E-state index contributed by atoms with van der Waals surface area (Å²) in [6.45, 7) is 6.46. The third-order valence-corrected chi connectivity index (χ3v) is 5.23. The van der Waals surface area contributed by atoms with Crippen molar-refractivity contribution in [3.05, 3.63) is 68.9 Å². The standard InChI is InChI=1S/C18H19NS/c1-11-8-9-14-6-4-5-7-15(14)17(11)18(19)16-10-12(2)13(3)20-16/h4-10,18H,19H2,1-3H3. The molecule has 1 unspecified atom stereocenters. The lowest BCUT2D eigenvalue weighted by Crippen LogP contribution is -2.12. The van der Waals surface area contributed by atoms with Crippen molar-refractivity contribution < 1.29 is 0 Å². The highest BCUT2D eigenvalue weighted by molar-refractivity contribution is 7.12. The first-order valence-corrected chi connectivity index (χ1v) is 7.70. The summed E-state index contributed by atoms with van der Waals surface area (Å²) in [5, 5.41) is 2.53. The summed E-state index contributed by atoms with van der Waals surface area (Å²) in [6.07, 6.45) is 0. The van der Waals surface area contributed by atoms with Gasteiger partial charge < -0.3 is 5.73 Å². The van der Waals surface area contributed by atoms with E-state index in [-0.39, 0.29) is 6.04 Å². The highest BCUT2D eigenvalue weighted by atomic mass is 32.1. The van der Waals surface area contributed by atoms with Gasteiger partial charge in [0.1, 0.15) is 0 Å². The number of hydrogen-bond donors (Lipinski definition) is 1. The highest BCUT2D eigenvalue weighted by Gasteiger charge is 2.17. The van der Waals surface area contributed by atoms with E-state index in [0.717, 1.165) is 0 Å². The molecule has 0 aliphatic carbocycles. The van der Waals surface area contributed by atoms with Crippen molar-refractivity contribution in [1.82, 2.24) is 0 Å². The van der Waals surface area contributed by atoms with E-state index >= 15 is 0 Å². The van der Waals surface area contributed by atoms with Crippen LogP contribution in [-0.4, -0.2) is 0 Å². The lowest BCUT2D eigenvalue weighted by atomic mass is 9.93. The fourth-order valence-corrected chi connectivity index (χ4v) is 3.77. The van der Waals surface area contributed by atoms with Gasteiger partial charge in [-0.15, -0.1) is 11.3 Å². The van der Waals surface area contributed by atoms with Crippen molar-refractivity contribution in [3.63, 3.8) is 0 Å². The van der Waals surface area contributed by atoms with Crippen LogP contribution >= 0.6 is 11.3 Å². The minimum absolute atomic E-state index is 0.0431. The zero-order valence-electron chi connectivity index (χ0n) is 12.1. The van der Waals surface area contributed by atoms with Gasteiger partial charge in [0.15, 0.2) is 0 Å². The molecule has 2 N–H and O–H groups in total. The zero-order valence-corrected chi connectivity index (χ0v) is 12.9. The van der Waals surface area contributed by atoms with E-state index in [0.29, 0.717) is 0 Å². The first kappa shape index (κ1) is 13.3. The Bertz CT molecular complexity index is 751. The number of fused-ring (bicyclic) bond motifs is 1. The number of nitrogens with two attached hydrogens (primary N) is 1. The van der Waals surface area contributed by atoms with Gasteiger partial charge in [0.05, 0.1) is 6.04 Å². The van der Waals surface area contributed by atoms with Gasteiger partial charge in [0.2, 0.25) is 0 Å². The first-order chi connectivity index (χ1) is 9.58. The number of thiophene rings is 1. The Hall–Kier alpha value is -1.64. The Morgan fingerprint density at radius 3 is 2.40 bits per heavy atom. The number of aryl methyl sites for hydroxylation is 3. The van der Waals surface area contributed by atoms with Crippen LogP contribution < -0.4 is 5.73 Å². The Labute approximate surface area is 124 Å². The molecule has 0 saturated carbocycles. The minimum Gasteiger partial charge on any atom is -0.320 e. The monoisotopic (exact) mass is 281 g/mol. The average Bonchev–Trinajstić information content (AvgIpc) is 2.78. The van der Waals surface area contributed by atoms with Crippen LogP contribution in [0.5, 0.6) is 0 Å². The van der Waals surface area contributed by atoms with Crippen LogP contribution in [0.1, 0.15) is 32.5 Å². The third kappa shape index (κ3) is 2.15. The van der Waals surface area contributed by atoms with Crippen molar-refractivity contribution in [1.29, 1.82) is 0 Å². The van der Waals surface area contributed by atoms with Gasteiger partial charge in [0.25, 0.3) is 0 Å². The van der Waals surface area contributed by atoms with E-state index in [4.69, 9.17) is 5.73 Å². The van der Waals surface area contributed by atoms with E-state index in [9.17, 15) is 0 Å². The largest absolute Gasteiger partial charge is 0.320 e. The maximum absolute atomic E-state index is 6.58. The second kappa shape index (κ2) is 5.04. The lowest BCUT2D eigenvalue weighted by molar-refractivity contribution is 0.892. The molecular formula is C18H19NS. The van der Waals surface area contributed by atoms with Crippen LogP contribution in [0.15, 0.2) is 42.5 Å². The summed E-state index contributed by atoms with van der Waals surface area (Å²) in [4.78, 5) is 2.60. The molecule has 2 aromatic carbocycles. The number of benzene rings is 2. The second-order valence-corrected chi connectivity index (χ2v) is 6.67. The van der Waals surface area contributed by atoms with Crippen molar-refractivity contribution >= 4 is 22.1 Å². The zero-order chi connectivity index (χ0) is 14.3. The summed E-state index contributed by atoms with van der Waals surface area (Å²) in [7, 11) is 0. The molecule has 0 fully saturated rings. The Morgan fingerprint density at radius 2 is 1.70 bits per heavy atom. The Balaban J connectivity index is 2.20. The summed E-state index contributed by atoms with van der Waals surface area (Å²) < 4.78 is 0. The van der Waals surface area contributed by atoms with E-state index in [1.54, 1.807) is 0 Å². The summed E-state index contributed by atoms with van der Waals surface area (Å²) >= 11 is 1.81. The SMILES string of the molecule is Cc1cc(C(N)c2c(C)ccc3ccccc23)sc1C. The predicted molar refractivity (Wildman–Crippen MR) is 88.5 cm³/mol. The normalized spacial score (nSPS) is 12.8. The molecule has 102 valence electrons. The molecule has 0 spiro atoms. The second-order valence-electron chi connectivity index (χ2n) is 5.38. The van der Waals surface area contributed by atoms with Crippen molar-refractivity contribution in [3.8, 4) is 0 Å². The van der Waals surface area contributed by atoms with Gasteiger partial charge in [-0.05, 0) is 54.3 Å². The van der Waals surface area contributed by atoms with E-state index in [2.05, 4.69) is 63.2 Å². The van der Waals surface area contributed by atoms with E-state index in [1.165, 1.54) is 37.2 Å². The van der Waals surface area contributed by atoms with Gasteiger partial charge in [-0.25, -0.2) is 0 Å². The van der Waals surface area contributed by atoms with Crippen LogP contribution in [0.3, 0.4) is 0 Å². The highest BCUT2D eigenvalue weighted by Crippen LogP contribution is 2.34. The van der Waals surface area contributed by atoms with Crippen LogP contribution in [0.4, 0.5) is 0 Å². The van der Waals surface area contributed by atoms with Crippen molar-refractivity contribution in [2.24, 2.45) is 5.73 Å². The first-order valence-electron chi connectivity index (χ1n) is 6.88. The molecule has 3 rings (SSSR count). The van der Waals surface area contributed by atoms with Crippen LogP contribution in [0.2, 0.25) is 0 Å². The van der Waals surface area contributed by atoms with Gasteiger partial charge in [-0.3, -0.25) is 0 Å². The van der Waals surface area contributed by atoms with Crippen LogP contribution in [-0.2, 0) is 0 Å². The van der Waals surface area contributed by atoms with E-state index < -0.39 is 0 Å². The molecule has 0 amide bonds. The maximum atomic E-state index is 6.58. The molecular weight excluding hydrogens is 262 g/mol. The lowest BCUT2D eigenvalue weighted by Gasteiger charge is -2.16. The molecule has 3 aromatic rings. The van der Waals surface area contributed by atoms with Gasteiger partial charge in [-0.1, -0.05) is 36.4 Å². The third-order valence-electron chi connectivity index (χ3n) is 3.99. The van der Waals surface area contributed by atoms with Gasteiger partial charge >= 0.3 is 0 Å². The van der Waals surface area contributed by atoms with Crippen molar-refractivity contribution in [2.75, 3.05) is 0 Å². The molecule has 1 nitrogen and oxygen atoms in total. The average molecular weight is 281 g/mol. The Morgan fingerprint density at radius 1 is 0.950 bits per heavy atom. The smallest absolute Gasteiger partial charge is 0.0654 e. The summed E-state index contributed by atoms with van der Waals surface area (Å²) in [6, 6.07) is 15.0. The van der Waals surface area contributed by atoms with E-state index in [1.807, 2.05) is 11.3 Å². The molecule has 2 heteroatoms. The van der Waals surface area contributed by atoms with Crippen LogP contribution in [0.25, 0.3) is 10.8 Å². The van der Waals surface area contributed by atoms with Crippen LogP contribution in [0, 0.1) is 20.8 Å². The fraction of sp³-hybridized carbons (Fsp3) is 0.222. The molecule has 0 bridgehead atoms. The molecule has 1 aromatic heterocycles. The summed E-state index contributed by atoms with van der Waals surface area (Å²) in [5.41, 5.74) is 10.4. The fourth-order valence-electron chi connectivity index (χ4n) is 2.71. The minimum atomic E-state index is -0.0431. The quantitative estimate of drug-likeness (QED) is 0.712. The molecule has 1 atom stereocenters. The van der Waals surface area contributed by atoms with Gasteiger partial charge in [0, 0.05) is 9.75 Å².